The lowest BCUT2D eigenvalue weighted by Crippen LogP contribution is -2.56. The van der Waals surface area contributed by atoms with Gasteiger partial charge in [-0.25, -0.2) is 0 Å². The number of aliphatic hydroxyl groups excluding tert-OH is 1. The number of aliphatic hydroxyl groups is 2. The maximum absolute atomic E-state index is 12.9. The Hall–Kier alpha value is -1.51. The average molecular weight is 472 g/mol. The molecule has 5 nitrogen and oxygen atoms in total. The molecule has 2 fully saturated rings. The molecule has 1 aromatic rings. The maximum Gasteiger partial charge on any atom is 0.417 e. The van der Waals surface area contributed by atoms with Gasteiger partial charge in [0.15, 0.2) is 17.1 Å². The minimum Gasteiger partial charge on any atom is -0.493 e. The lowest BCUT2D eigenvalue weighted by atomic mass is 9.71. The number of piperidine rings is 1. The quantitative estimate of drug-likeness (QED) is 0.663. The van der Waals surface area contributed by atoms with Crippen LogP contribution in [0.25, 0.3) is 0 Å². The van der Waals surface area contributed by atoms with E-state index in [4.69, 9.17) is 9.47 Å². The summed E-state index contributed by atoms with van der Waals surface area (Å²) in [6.45, 7) is 8.49. The highest BCUT2D eigenvalue weighted by molar-refractivity contribution is 5.49. The number of benzene rings is 1. The van der Waals surface area contributed by atoms with Crippen molar-refractivity contribution < 1.29 is 32.9 Å². The first kappa shape index (κ1) is 24.6. The molecule has 8 heteroatoms. The van der Waals surface area contributed by atoms with E-state index >= 15 is 0 Å². The van der Waals surface area contributed by atoms with Gasteiger partial charge in [0, 0.05) is 19.1 Å². The van der Waals surface area contributed by atoms with Crippen molar-refractivity contribution >= 4 is 0 Å². The normalized spacial score (nSPS) is 32.5. The molecule has 1 aromatic carbocycles. The molecule has 2 aliphatic heterocycles. The summed E-state index contributed by atoms with van der Waals surface area (Å²) < 4.78 is 50.0. The summed E-state index contributed by atoms with van der Waals surface area (Å²) in [6, 6.07) is 4.02. The Labute approximate surface area is 193 Å². The van der Waals surface area contributed by atoms with Crippen LogP contribution in [0.1, 0.15) is 63.6 Å². The molecule has 1 aliphatic carbocycles. The van der Waals surface area contributed by atoms with Crippen molar-refractivity contribution in [2.45, 2.75) is 76.8 Å². The Bertz CT molecular complexity index is 860. The summed E-state index contributed by atoms with van der Waals surface area (Å²) in [7, 11) is 1.55. The van der Waals surface area contributed by atoms with E-state index in [1.54, 1.807) is 7.11 Å². The molecule has 3 unspecified atom stereocenters. The van der Waals surface area contributed by atoms with E-state index in [1.165, 1.54) is 0 Å². The number of methoxy groups -OCH3 is 1. The van der Waals surface area contributed by atoms with E-state index in [-0.39, 0.29) is 48.8 Å². The highest BCUT2D eigenvalue weighted by atomic mass is 19.4. The molecule has 4 rings (SSSR count). The van der Waals surface area contributed by atoms with Crippen LogP contribution >= 0.6 is 0 Å². The molecule has 2 heterocycles. The minimum atomic E-state index is -4.60. The highest BCUT2D eigenvalue weighted by Gasteiger charge is 2.61. The minimum absolute atomic E-state index is 0.107. The van der Waals surface area contributed by atoms with Crippen LogP contribution < -0.4 is 9.47 Å². The monoisotopic (exact) mass is 471 g/mol. The van der Waals surface area contributed by atoms with Crippen molar-refractivity contribution in [2.75, 3.05) is 26.8 Å². The van der Waals surface area contributed by atoms with Gasteiger partial charge in [0.2, 0.25) is 0 Å². The van der Waals surface area contributed by atoms with Crippen molar-refractivity contribution in [2.24, 2.45) is 17.3 Å². The number of ether oxygens (including phenoxy) is 2. The second-order valence-corrected chi connectivity index (χ2v) is 11.4. The fourth-order valence-electron chi connectivity index (χ4n) is 5.81. The van der Waals surface area contributed by atoms with Crippen molar-refractivity contribution in [1.82, 2.24) is 4.90 Å². The number of hydrogen-bond acceptors (Lipinski definition) is 5. The number of fused-ring (bicyclic) bond motifs is 3. The van der Waals surface area contributed by atoms with Gasteiger partial charge >= 0.3 is 6.18 Å². The van der Waals surface area contributed by atoms with Gasteiger partial charge in [-0.3, -0.25) is 4.90 Å². The van der Waals surface area contributed by atoms with Crippen LogP contribution in [0.2, 0.25) is 0 Å². The van der Waals surface area contributed by atoms with Crippen LogP contribution in [0.5, 0.6) is 11.5 Å². The lowest BCUT2D eigenvalue weighted by molar-refractivity contribution is -0.300. The van der Waals surface area contributed by atoms with Gasteiger partial charge < -0.3 is 19.7 Å². The third-order valence-electron chi connectivity index (χ3n) is 7.50. The van der Waals surface area contributed by atoms with E-state index in [1.807, 2.05) is 12.1 Å². The molecule has 0 radical (unpaired) electrons. The molecule has 3 aliphatic rings. The van der Waals surface area contributed by atoms with Crippen molar-refractivity contribution in [3.63, 3.8) is 0 Å². The molecule has 0 amide bonds. The zero-order chi connectivity index (χ0) is 24.2. The largest absolute Gasteiger partial charge is 0.493 e. The molecular formula is C25H36F3NO4. The molecule has 0 bridgehead atoms. The average Bonchev–Trinajstić information content (AvgIpc) is 2.68. The summed E-state index contributed by atoms with van der Waals surface area (Å²) >= 11 is 0. The molecule has 0 spiro atoms. The zero-order valence-electron chi connectivity index (χ0n) is 19.9. The van der Waals surface area contributed by atoms with Crippen LogP contribution in [0, 0.1) is 17.3 Å². The van der Waals surface area contributed by atoms with Gasteiger partial charge in [0.1, 0.15) is 0 Å². The third kappa shape index (κ3) is 4.98. The van der Waals surface area contributed by atoms with Gasteiger partial charge in [-0.2, -0.15) is 13.2 Å². The van der Waals surface area contributed by atoms with E-state index < -0.39 is 11.8 Å². The number of rotatable bonds is 5. The summed E-state index contributed by atoms with van der Waals surface area (Å²) in [5.74, 6) is 0.979. The molecule has 2 N–H and O–H groups in total. The fraction of sp³-hybridized carbons (Fsp3) is 0.760. The Morgan fingerprint density at radius 1 is 1.15 bits per heavy atom. The smallest absolute Gasteiger partial charge is 0.417 e. The van der Waals surface area contributed by atoms with Crippen molar-refractivity contribution in [3.05, 3.63) is 23.3 Å². The Morgan fingerprint density at radius 3 is 2.45 bits per heavy atom. The number of hydrogen-bond donors (Lipinski definition) is 2. The summed E-state index contributed by atoms with van der Waals surface area (Å²) in [4.78, 5) is 2.46. The molecule has 3 atom stereocenters. The molecule has 186 valence electrons. The van der Waals surface area contributed by atoms with Crippen LogP contribution in [0.15, 0.2) is 12.1 Å². The van der Waals surface area contributed by atoms with Crippen molar-refractivity contribution in [1.29, 1.82) is 0 Å². The first-order valence-electron chi connectivity index (χ1n) is 11.8. The zero-order valence-corrected chi connectivity index (χ0v) is 19.9. The SMILES string of the molecule is COc1cc2c(cc1OCC1CC(O)(C(F)(F)F)C1)CCN1CC(CC(C)(C)C)C(O)CC21. The summed E-state index contributed by atoms with van der Waals surface area (Å²) in [5, 5.41) is 20.5. The topological polar surface area (TPSA) is 62.2 Å². The van der Waals surface area contributed by atoms with Crippen LogP contribution in [-0.2, 0) is 6.42 Å². The van der Waals surface area contributed by atoms with Crippen LogP contribution in [-0.4, -0.2) is 59.8 Å². The first-order chi connectivity index (χ1) is 15.3. The van der Waals surface area contributed by atoms with Gasteiger partial charge in [-0.15, -0.1) is 0 Å². The molecule has 33 heavy (non-hydrogen) atoms. The second kappa shape index (κ2) is 8.61. The highest BCUT2D eigenvalue weighted by Crippen LogP contribution is 2.49. The molecule has 1 saturated heterocycles. The van der Waals surface area contributed by atoms with E-state index in [9.17, 15) is 23.4 Å². The standard InChI is InChI=1S/C25H36F3NO4/c1-23(2,3)12-17-13-29-6-5-16-7-22(21(32-4)8-18(16)19(29)9-20(17)30)33-14-15-10-24(31,11-15)25(26,27)28/h7-8,15,17,19-20,30-31H,5-6,9-14H2,1-4H3. The van der Waals surface area contributed by atoms with Gasteiger partial charge in [-0.05, 0) is 72.6 Å². The number of halogens is 3. The fourth-order valence-corrected chi connectivity index (χ4v) is 5.81. The predicted octanol–water partition coefficient (Wildman–Crippen LogP) is 4.49. The third-order valence-corrected chi connectivity index (χ3v) is 7.50. The van der Waals surface area contributed by atoms with Gasteiger partial charge in [0.25, 0.3) is 0 Å². The lowest BCUT2D eigenvalue weighted by Gasteiger charge is -2.47. The molecule has 1 saturated carbocycles. The Morgan fingerprint density at radius 2 is 1.85 bits per heavy atom. The maximum atomic E-state index is 12.9. The molecular weight excluding hydrogens is 435 g/mol. The van der Waals surface area contributed by atoms with Crippen molar-refractivity contribution in [3.8, 4) is 11.5 Å². The summed E-state index contributed by atoms with van der Waals surface area (Å²) in [5.41, 5.74) is -0.155. The van der Waals surface area contributed by atoms with E-state index in [2.05, 4.69) is 25.7 Å². The Kier molecular flexibility index (Phi) is 6.42. The van der Waals surface area contributed by atoms with E-state index in [0.29, 0.717) is 17.9 Å². The first-order valence-corrected chi connectivity index (χ1v) is 11.8. The second-order valence-electron chi connectivity index (χ2n) is 11.4. The van der Waals surface area contributed by atoms with Crippen LogP contribution in [0.3, 0.4) is 0 Å². The summed E-state index contributed by atoms with van der Waals surface area (Å²) in [6.07, 6.45) is -3.13. The Balaban J connectivity index is 1.44. The number of nitrogens with zero attached hydrogens (tertiary/aromatic N) is 1. The number of alkyl halides is 3. The molecule has 0 aromatic heterocycles. The van der Waals surface area contributed by atoms with E-state index in [0.717, 1.165) is 37.1 Å². The van der Waals surface area contributed by atoms with Gasteiger partial charge in [0.05, 0.1) is 19.8 Å². The van der Waals surface area contributed by atoms with Crippen LogP contribution in [0.4, 0.5) is 13.2 Å². The van der Waals surface area contributed by atoms with Gasteiger partial charge in [-0.1, -0.05) is 20.8 Å². The predicted molar refractivity (Wildman–Crippen MR) is 118 cm³/mol.